The molecular weight excluding hydrogens is 276 g/mol. The van der Waals surface area contributed by atoms with Gasteiger partial charge in [0.2, 0.25) is 11.8 Å². The third-order valence-corrected chi connectivity index (χ3v) is 4.08. The SMILES string of the molecule is COc1ccc(SCC(=O)N2CCNC(=O)CC2)cc1. The summed E-state index contributed by atoms with van der Waals surface area (Å²) < 4.78 is 5.09. The van der Waals surface area contributed by atoms with Crippen molar-refractivity contribution in [2.24, 2.45) is 0 Å². The zero-order valence-electron chi connectivity index (χ0n) is 11.4. The highest BCUT2D eigenvalue weighted by Gasteiger charge is 2.18. The Kier molecular flexibility index (Phi) is 5.29. The molecule has 1 aliphatic heterocycles. The van der Waals surface area contributed by atoms with Crippen LogP contribution in [0.5, 0.6) is 5.75 Å². The molecule has 1 aliphatic rings. The van der Waals surface area contributed by atoms with Crippen molar-refractivity contribution in [2.75, 3.05) is 32.5 Å². The number of hydrogen-bond donors (Lipinski definition) is 1. The number of thioether (sulfide) groups is 1. The van der Waals surface area contributed by atoms with Crippen LogP contribution in [0.3, 0.4) is 0 Å². The van der Waals surface area contributed by atoms with Crippen molar-refractivity contribution in [1.29, 1.82) is 0 Å². The van der Waals surface area contributed by atoms with Crippen LogP contribution in [-0.2, 0) is 9.59 Å². The topological polar surface area (TPSA) is 58.6 Å². The molecule has 0 aliphatic carbocycles. The van der Waals surface area contributed by atoms with Gasteiger partial charge in [0.1, 0.15) is 5.75 Å². The molecule has 0 aromatic heterocycles. The lowest BCUT2D eigenvalue weighted by atomic mass is 10.3. The molecule has 1 aromatic carbocycles. The first-order chi connectivity index (χ1) is 9.69. The number of nitrogens with one attached hydrogen (secondary N) is 1. The van der Waals surface area contributed by atoms with Crippen LogP contribution in [0.25, 0.3) is 0 Å². The van der Waals surface area contributed by atoms with Crippen LogP contribution in [0, 0.1) is 0 Å². The van der Waals surface area contributed by atoms with E-state index in [1.54, 1.807) is 12.0 Å². The summed E-state index contributed by atoms with van der Waals surface area (Å²) in [6.07, 6.45) is 0.388. The number of ether oxygens (including phenoxy) is 1. The van der Waals surface area contributed by atoms with E-state index >= 15 is 0 Å². The summed E-state index contributed by atoms with van der Waals surface area (Å²) in [6, 6.07) is 7.62. The van der Waals surface area contributed by atoms with Gasteiger partial charge in [0.25, 0.3) is 0 Å². The minimum absolute atomic E-state index is 0.0168. The Morgan fingerprint density at radius 3 is 2.80 bits per heavy atom. The van der Waals surface area contributed by atoms with Gasteiger partial charge in [-0.15, -0.1) is 11.8 Å². The highest BCUT2D eigenvalue weighted by Crippen LogP contribution is 2.21. The average molecular weight is 294 g/mol. The molecule has 0 bridgehead atoms. The van der Waals surface area contributed by atoms with Gasteiger partial charge < -0.3 is 15.0 Å². The number of methoxy groups -OCH3 is 1. The molecule has 0 atom stereocenters. The van der Waals surface area contributed by atoms with Crippen LogP contribution in [-0.4, -0.2) is 49.2 Å². The number of amides is 2. The Balaban J connectivity index is 1.83. The van der Waals surface area contributed by atoms with Crippen molar-refractivity contribution >= 4 is 23.6 Å². The maximum absolute atomic E-state index is 12.1. The van der Waals surface area contributed by atoms with Crippen molar-refractivity contribution in [3.05, 3.63) is 24.3 Å². The zero-order chi connectivity index (χ0) is 14.4. The Labute approximate surface area is 122 Å². The fourth-order valence-corrected chi connectivity index (χ4v) is 2.73. The summed E-state index contributed by atoms with van der Waals surface area (Å²) in [6.45, 7) is 1.64. The molecule has 20 heavy (non-hydrogen) atoms. The summed E-state index contributed by atoms with van der Waals surface area (Å²) in [5.74, 6) is 1.28. The van der Waals surface area contributed by atoms with E-state index in [4.69, 9.17) is 4.74 Å². The lowest BCUT2D eigenvalue weighted by molar-refractivity contribution is -0.128. The van der Waals surface area contributed by atoms with Crippen molar-refractivity contribution in [2.45, 2.75) is 11.3 Å². The number of rotatable bonds is 4. The molecule has 1 fully saturated rings. The van der Waals surface area contributed by atoms with E-state index < -0.39 is 0 Å². The number of carbonyl (C=O) groups is 2. The quantitative estimate of drug-likeness (QED) is 0.846. The van der Waals surface area contributed by atoms with Crippen molar-refractivity contribution in [3.63, 3.8) is 0 Å². The van der Waals surface area contributed by atoms with Crippen LogP contribution in [0.15, 0.2) is 29.2 Å². The minimum atomic E-state index is 0.0168. The van der Waals surface area contributed by atoms with E-state index in [0.29, 0.717) is 31.8 Å². The fourth-order valence-electron chi connectivity index (χ4n) is 1.92. The summed E-state index contributed by atoms with van der Waals surface area (Å²) in [7, 11) is 1.63. The molecule has 0 radical (unpaired) electrons. The second-order valence-electron chi connectivity index (χ2n) is 4.44. The molecular formula is C14H18N2O3S. The third-order valence-electron chi connectivity index (χ3n) is 3.09. The molecule has 1 saturated heterocycles. The Bertz CT molecular complexity index is 476. The second kappa shape index (κ2) is 7.19. The Morgan fingerprint density at radius 2 is 2.10 bits per heavy atom. The Hall–Kier alpha value is -1.69. The molecule has 6 heteroatoms. The molecule has 108 valence electrons. The fraction of sp³-hybridized carbons (Fsp3) is 0.429. The first kappa shape index (κ1) is 14.7. The highest BCUT2D eigenvalue weighted by atomic mass is 32.2. The predicted octanol–water partition coefficient (Wildman–Crippen LogP) is 1.14. The zero-order valence-corrected chi connectivity index (χ0v) is 12.2. The van der Waals surface area contributed by atoms with Crippen molar-refractivity contribution in [1.82, 2.24) is 10.2 Å². The van der Waals surface area contributed by atoms with E-state index in [0.717, 1.165) is 10.6 Å². The summed E-state index contributed by atoms with van der Waals surface area (Å²) >= 11 is 1.50. The Morgan fingerprint density at radius 1 is 1.35 bits per heavy atom. The first-order valence-corrected chi connectivity index (χ1v) is 7.49. The lowest BCUT2D eigenvalue weighted by Crippen LogP contribution is -2.35. The standard InChI is InChI=1S/C14H18N2O3S/c1-19-11-2-4-12(5-3-11)20-10-14(18)16-8-6-13(17)15-7-9-16/h2-5H,6-10H2,1H3,(H,15,17). The number of nitrogens with zero attached hydrogens (tertiary/aromatic N) is 1. The summed E-state index contributed by atoms with van der Waals surface area (Å²) in [5.41, 5.74) is 0. The minimum Gasteiger partial charge on any atom is -0.497 e. The predicted molar refractivity (Wildman–Crippen MR) is 77.9 cm³/mol. The smallest absolute Gasteiger partial charge is 0.233 e. The maximum atomic E-state index is 12.1. The highest BCUT2D eigenvalue weighted by molar-refractivity contribution is 8.00. The monoisotopic (exact) mass is 294 g/mol. The van der Waals surface area contributed by atoms with Crippen LogP contribution in [0.1, 0.15) is 6.42 Å². The molecule has 0 unspecified atom stereocenters. The number of hydrogen-bond acceptors (Lipinski definition) is 4. The molecule has 0 spiro atoms. The van der Waals surface area contributed by atoms with Crippen molar-refractivity contribution < 1.29 is 14.3 Å². The van der Waals surface area contributed by atoms with Gasteiger partial charge in [-0.2, -0.15) is 0 Å². The molecule has 0 saturated carbocycles. The molecule has 1 aromatic rings. The van der Waals surface area contributed by atoms with E-state index in [1.807, 2.05) is 24.3 Å². The van der Waals surface area contributed by atoms with E-state index in [-0.39, 0.29) is 11.8 Å². The first-order valence-electron chi connectivity index (χ1n) is 6.50. The van der Waals surface area contributed by atoms with E-state index in [2.05, 4.69) is 5.32 Å². The van der Waals surface area contributed by atoms with Gasteiger partial charge in [0.15, 0.2) is 0 Å². The van der Waals surface area contributed by atoms with Crippen LogP contribution in [0.2, 0.25) is 0 Å². The molecule has 2 amide bonds. The molecule has 5 nitrogen and oxygen atoms in total. The van der Waals surface area contributed by atoms with Gasteiger partial charge >= 0.3 is 0 Å². The van der Waals surface area contributed by atoms with Gasteiger partial charge in [-0.05, 0) is 24.3 Å². The molecule has 1 heterocycles. The van der Waals surface area contributed by atoms with E-state index in [1.165, 1.54) is 11.8 Å². The number of carbonyl (C=O) groups excluding carboxylic acids is 2. The normalized spacial score (nSPS) is 15.4. The summed E-state index contributed by atoms with van der Waals surface area (Å²) in [4.78, 5) is 26.1. The van der Waals surface area contributed by atoms with E-state index in [9.17, 15) is 9.59 Å². The average Bonchev–Trinajstić information content (AvgIpc) is 2.70. The van der Waals surface area contributed by atoms with Gasteiger partial charge in [-0.1, -0.05) is 0 Å². The largest absolute Gasteiger partial charge is 0.497 e. The molecule has 1 N–H and O–H groups in total. The van der Waals surface area contributed by atoms with Gasteiger partial charge in [0, 0.05) is 31.0 Å². The van der Waals surface area contributed by atoms with Crippen LogP contribution >= 0.6 is 11.8 Å². The van der Waals surface area contributed by atoms with Crippen LogP contribution < -0.4 is 10.1 Å². The molecule has 2 rings (SSSR count). The maximum Gasteiger partial charge on any atom is 0.233 e. The lowest BCUT2D eigenvalue weighted by Gasteiger charge is -2.19. The van der Waals surface area contributed by atoms with Crippen LogP contribution in [0.4, 0.5) is 0 Å². The van der Waals surface area contributed by atoms with Gasteiger partial charge in [0.05, 0.1) is 12.9 Å². The van der Waals surface area contributed by atoms with Gasteiger partial charge in [-0.3, -0.25) is 9.59 Å². The third kappa shape index (κ3) is 4.16. The van der Waals surface area contributed by atoms with Crippen molar-refractivity contribution in [3.8, 4) is 5.75 Å². The second-order valence-corrected chi connectivity index (χ2v) is 5.49. The summed E-state index contributed by atoms with van der Waals surface area (Å²) in [5, 5.41) is 2.76. The van der Waals surface area contributed by atoms with Gasteiger partial charge in [-0.25, -0.2) is 0 Å². The number of benzene rings is 1.